The molecule has 2 nitrogen and oxygen atoms in total. The maximum absolute atomic E-state index is 8.95. The van der Waals surface area contributed by atoms with Crippen LogP contribution in [0.2, 0.25) is 18.1 Å². The second-order valence-corrected chi connectivity index (χ2v) is 11.5. The molecule has 0 radical (unpaired) electrons. The van der Waals surface area contributed by atoms with Crippen molar-refractivity contribution in [3.8, 4) is 0 Å². The second kappa shape index (κ2) is 7.46. The van der Waals surface area contributed by atoms with Crippen LogP contribution >= 0.6 is 0 Å². The highest BCUT2D eigenvalue weighted by atomic mass is 28.4. The lowest BCUT2D eigenvalue weighted by atomic mass is 9.99. The first-order chi connectivity index (χ1) is 8.15. The smallest absolute Gasteiger partial charge is 0.192 e. The van der Waals surface area contributed by atoms with Gasteiger partial charge in [0, 0.05) is 0 Å². The molecule has 0 saturated carbocycles. The van der Waals surface area contributed by atoms with Crippen LogP contribution in [-0.2, 0) is 4.43 Å². The van der Waals surface area contributed by atoms with Crippen LogP contribution in [0.4, 0.5) is 0 Å². The number of hydrogen-bond donors (Lipinski definition) is 1. The standard InChI is InChI=1S/C15H32O2Si/c1-8-10-13(2)14(11-9-12-16)17-18(6,7)15(3,4)5/h9,11,13-14,16H,8,10,12H2,1-7H3. The quantitative estimate of drug-likeness (QED) is 0.551. The maximum atomic E-state index is 8.95. The van der Waals surface area contributed by atoms with Crippen molar-refractivity contribution in [3.05, 3.63) is 12.2 Å². The zero-order valence-corrected chi connectivity index (χ0v) is 14.3. The van der Waals surface area contributed by atoms with E-state index in [-0.39, 0.29) is 17.7 Å². The van der Waals surface area contributed by atoms with Crippen molar-refractivity contribution in [2.45, 2.75) is 71.7 Å². The molecule has 1 N–H and O–H groups in total. The molecule has 0 aliphatic heterocycles. The number of aliphatic hydroxyl groups excluding tert-OH is 1. The molecule has 2 atom stereocenters. The zero-order valence-electron chi connectivity index (χ0n) is 13.3. The lowest BCUT2D eigenvalue weighted by Crippen LogP contribution is -2.45. The molecular formula is C15H32O2Si. The van der Waals surface area contributed by atoms with Gasteiger partial charge < -0.3 is 9.53 Å². The second-order valence-electron chi connectivity index (χ2n) is 6.72. The third-order valence-electron chi connectivity index (χ3n) is 3.97. The summed E-state index contributed by atoms with van der Waals surface area (Å²) >= 11 is 0. The fraction of sp³-hybridized carbons (Fsp3) is 0.867. The topological polar surface area (TPSA) is 29.5 Å². The summed E-state index contributed by atoms with van der Waals surface area (Å²) in [5, 5.41) is 9.18. The third-order valence-corrected chi connectivity index (χ3v) is 8.45. The molecule has 108 valence electrons. The van der Waals surface area contributed by atoms with Gasteiger partial charge in [0.05, 0.1) is 12.7 Å². The molecule has 0 fully saturated rings. The molecule has 2 unspecified atom stereocenters. The minimum absolute atomic E-state index is 0.0935. The molecule has 0 spiro atoms. The molecule has 0 aromatic heterocycles. The summed E-state index contributed by atoms with van der Waals surface area (Å²) in [6.07, 6.45) is 6.32. The summed E-state index contributed by atoms with van der Waals surface area (Å²) in [5.41, 5.74) is 0. The van der Waals surface area contributed by atoms with Gasteiger partial charge in [-0.1, -0.05) is 53.2 Å². The first-order valence-electron chi connectivity index (χ1n) is 7.11. The van der Waals surface area contributed by atoms with E-state index in [0.29, 0.717) is 5.92 Å². The fourth-order valence-electron chi connectivity index (χ4n) is 1.68. The third kappa shape index (κ3) is 5.68. The summed E-state index contributed by atoms with van der Waals surface area (Å²) in [7, 11) is -1.74. The average molecular weight is 273 g/mol. The minimum Gasteiger partial charge on any atom is -0.410 e. The molecule has 0 aliphatic rings. The van der Waals surface area contributed by atoms with Crippen molar-refractivity contribution in [2.75, 3.05) is 6.61 Å². The van der Waals surface area contributed by atoms with E-state index in [1.54, 1.807) is 0 Å². The molecule has 0 aromatic rings. The monoisotopic (exact) mass is 272 g/mol. The molecule has 0 amide bonds. The Kier molecular flexibility index (Phi) is 7.41. The molecule has 0 saturated heterocycles. The van der Waals surface area contributed by atoms with Gasteiger partial charge >= 0.3 is 0 Å². The normalized spacial score (nSPS) is 17.1. The number of aliphatic hydroxyl groups is 1. The van der Waals surface area contributed by atoms with Gasteiger partial charge in [-0.15, -0.1) is 0 Å². The predicted molar refractivity (Wildman–Crippen MR) is 82.4 cm³/mol. The highest BCUT2D eigenvalue weighted by Gasteiger charge is 2.39. The van der Waals surface area contributed by atoms with Crippen LogP contribution in [0, 0.1) is 5.92 Å². The SMILES string of the molecule is CCCC(C)C(C=CCO)O[Si](C)(C)C(C)(C)C. The van der Waals surface area contributed by atoms with E-state index in [9.17, 15) is 0 Å². The van der Waals surface area contributed by atoms with Crippen molar-refractivity contribution in [2.24, 2.45) is 5.92 Å². The van der Waals surface area contributed by atoms with Crippen LogP contribution in [0.15, 0.2) is 12.2 Å². The van der Waals surface area contributed by atoms with E-state index in [1.165, 1.54) is 6.42 Å². The van der Waals surface area contributed by atoms with Crippen molar-refractivity contribution < 1.29 is 9.53 Å². The van der Waals surface area contributed by atoms with Crippen LogP contribution in [0.3, 0.4) is 0 Å². The first-order valence-corrected chi connectivity index (χ1v) is 10.0. The predicted octanol–water partition coefficient (Wildman–Crippen LogP) is 4.36. The van der Waals surface area contributed by atoms with Crippen molar-refractivity contribution in [3.63, 3.8) is 0 Å². The van der Waals surface area contributed by atoms with Crippen LogP contribution in [0.1, 0.15) is 47.5 Å². The Bertz CT molecular complexity index is 254. The van der Waals surface area contributed by atoms with E-state index >= 15 is 0 Å². The van der Waals surface area contributed by atoms with Gasteiger partial charge in [0.2, 0.25) is 0 Å². The Morgan fingerprint density at radius 3 is 2.22 bits per heavy atom. The molecule has 18 heavy (non-hydrogen) atoms. The molecule has 0 bridgehead atoms. The van der Waals surface area contributed by atoms with E-state index in [0.717, 1.165) is 6.42 Å². The summed E-state index contributed by atoms with van der Waals surface area (Å²) in [6.45, 7) is 15.9. The summed E-state index contributed by atoms with van der Waals surface area (Å²) in [4.78, 5) is 0. The Labute approximate surface area is 115 Å². The lowest BCUT2D eigenvalue weighted by Gasteiger charge is -2.40. The molecule has 0 aromatic carbocycles. The minimum atomic E-state index is -1.74. The summed E-state index contributed by atoms with van der Waals surface area (Å²) < 4.78 is 6.46. The number of rotatable bonds is 7. The number of hydrogen-bond acceptors (Lipinski definition) is 2. The first kappa shape index (κ1) is 17.9. The van der Waals surface area contributed by atoms with E-state index in [4.69, 9.17) is 9.53 Å². The fourth-order valence-corrected chi connectivity index (χ4v) is 3.02. The van der Waals surface area contributed by atoms with E-state index in [1.807, 2.05) is 12.2 Å². The summed E-state index contributed by atoms with van der Waals surface area (Å²) in [6, 6.07) is 0. The van der Waals surface area contributed by atoms with Crippen molar-refractivity contribution >= 4 is 8.32 Å². The van der Waals surface area contributed by atoms with Gasteiger partial charge in [0.1, 0.15) is 0 Å². The van der Waals surface area contributed by atoms with Gasteiger partial charge in [-0.3, -0.25) is 0 Å². The van der Waals surface area contributed by atoms with Gasteiger partial charge in [0.15, 0.2) is 8.32 Å². The van der Waals surface area contributed by atoms with Gasteiger partial charge in [-0.2, -0.15) is 0 Å². The highest BCUT2D eigenvalue weighted by Crippen LogP contribution is 2.38. The molecule has 0 aliphatic carbocycles. The van der Waals surface area contributed by atoms with Crippen LogP contribution in [0.25, 0.3) is 0 Å². The molecule has 3 heteroatoms. The average Bonchev–Trinajstić information content (AvgIpc) is 2.22. The van der Waals surface area contributed by atoms with Crippen LogP contribution < -0.4 is 0 Å². The molecular weight excluding hydrogens is 240 g/mol. The van der Waals surface area contributed by atoms with Gasteiger partial charge in [-0.05, 0) is 30.5 Å². The van der Waals surface area contributed by atoms with Crippen LogP contribution in [0.5, 0.6) is 0 Å². The Balaban J connectivity index is 4.83. The lowest BCUT2D eigenvalue weighted by molar-refractivity contribution is 0.161. The van der Waals surface area contributed by atoms with Crippen molar-refractivity contribution in [1.29, 1.82) is 0 Å². The van der Waals surface area contributed by atoms with Gasteiger partial charge in [0.25, 0.3) is 0 Å². The Morgan fingerprint density at radius 1 is 1.28 bits per heavy atom. The van der Waals surface area contributed by atoms with Crippen molar-refractivity contribution in [1.82, 2.24) is 0 Å². The highest BCUT2D eigenvalue weighted by molar-refractivity contribution is 6.74. The Morgan fingerprint density at radius 2 is 1.83 bits per heavy atom. The Hall–Kier alpha value is -0.123. The summed E-state index contributed by atoms with van der Waals surface area (Å²) in [5.74, 6) is 0.506. The largest absolute Gasteiger partial charge is 0.410 e. The maximum Gasteiger partial charge on any atom is 0.192 e. The van der Waals surface area contributed by atoms with E-state index in [2.05, 4.69) is 47.7 Å². The van der Waals surface area contributed by atoms with Crippen LogP contribution in [-0.4, -0.2) is 26.1 Å². The van der Waals surface area contributed by atoms with Gasteiger partial charge in [-0.25, -0.2) is 0 Å². The zero-order chi connectivity index (χ0) is 14.4. The molecule has 0 heterocycles. The molecule has 0 rings (SSSR count). The van der Waals surface area contributed by atoms with E-state index < -0.39 is 8.32 Å².